The van der Waals surface area contributed by atoms with E-state index in [2.05, 4.69) is 20.6 Å². The van der Waals surface area contributed by atoms with E-state index in [0.717, 1.165) is 5.56 Å². The number of nitrogens with two attached hydrogens (primary N) is 1. The Kier molecular flexibility index (Phi) is 6.37. The molecule has 0 fully saturated rings. The lowest BCUT2D eigenvalue weighted by atomic mass is 9.92. The molecule has 3 aromatic rings. The van der Waals surface area contributed by atoms with Gasteiger partial charge in [-0.15, -0.1) is 0 Å². The van der Waals surface area contributed by atoms with E-state index in [0.29, 0.717) is 29.4 Å². The number of carbonyl (C=O) groups is 1. The predicted octanol–water partition coefficient (Wildman–Crippen LogP) is 3.91. The lowest BCUT2D eigenvalue weighted by Gasteiger charge is -2.17. The lowest BCUT2D eigenvalue weighted by molar-refractivity contribution is -0.117. The molecule has 3 rings (SSSR count). The lowest BCUT2D eigenvalue weighted by Crippen LogP contribution is -2.19. The third kappa shape index (κ3) is 6.59. The minimum atomic E-state index is -3.80. The fourth-order valence-electron chi connectivity index (χ4n) is 2.87. The highest BCUT2D eigenvalue weighted by Crippen LogP contribution is 2.23. The Morgan fingerprint density at radius 3 is 2.39 bits per heavy atom. The molecule has 8 nitrogen and oxygen atoms in total. The van der Waals surface area contributed by atoms with E-state index in [1.165, 1.54) is 12.1 Å². The molecule has 0 saturated carbocycles. The average molecular weight is 440 g/mol. The van der Waals surface area contributed by atoms with Crippen LogP contribution in [0.15, 0.2) is 65.7 Å². The zero-order valence-corrected chi connectivity index (χ0v) is 18.4. The summed E-state index contributed by atoms with van der Waals surface area (Å²) in [6, 6.07) is 15.2. The number of nitrogens with zero attached hydrogens (tertiary/aromatic N) is 2. The average Bonchev–Trinajstić information content (AvgIpc) is 2.67. The van der Waals surface area contributed by atoms with Gasteiger partial charge in [-0.25, -0.2) is 23.5 Å². The zero-order chi connectivity index (χ0) is 22.6. The molecule has 162 valence electrons. The SMILES string of the molecule is CC(C)(C)CC(=O)Nc1ccc(-c2ccnc(Nc3cccc(S(N)(=O)=O)c3)n2)cc1. The summed E-state index contributed by atoms with van der Waals surface area (Å²) < 4.78 is 23.1. The van der Waals surface area contributed by atoms with Crippen molar-refractivity contribution < 1.29 is 13.2 Å². The van der Waals surface area contributed by atoms with Crippen molar-refractivity contribution in [3.05, 3.63) is 60.8 Å². The first-order valence-electron chi connectivity index (χ1n) is 9.63. The summed E-state index contributed by atoms with van der Waals surface area (Å²) in [5.41, 5.74) is 2.65. The van der Waals surface area contributed by atoms with Crippen LogP contribution in [0.4, 0.5) is 17.3 Å². The fourth-order valence-corrected chi connectivity index (χ4v) is 3.43. The van der Waals surface area contributed by atoms with Gasteiger partial charge in [0.2, 0.25) is 21.9 Å². The number of hydrogen-bond acceptors (Lipinski definition) is 6. The number of amides is 1. The summed E-state index contributed by atoms with van der Waals surface area (Å²) in [6.07, 6.45) is 2.04. The van der Waals surface area contributed by atoms with Gasteiger partial charge in [-0.3, -0.25) is 4.79 Å². The third-order valence-electron chi connectivity index (χ3n) is 4.23. The Bertz CT molecular complexity index is 1190. The first-order chi connectivity index (χ1) is 14.5. The van der Waals surface area contributed by atoms with Gasteiger partial charge in [-0.2, -0.15) is 0 Å². The van der Waals surface area contributed by atoms with Crippen LogP contribution < -0.4 is 15.8 Å². The van der Waals surface area contributed by atoms with Crippen molar-refractivity contribution in [2.24, 2.45) is 10.6 Å². The molecular weight excluding hydrogens is 414 g/mol. The van der Waals surface area contributed by atoms with Crippen molar-refractivity contribution in [3.63, 3.8) is 0 Å². The second kappa shape index (κ2) is 8.83. The number of benzene rings is 2. The highest BCUT2D eigenvalue weighted by atomic mass is 32.2. The number of rotatable bonds is 6. The molecule has 0 aliphatic rings. The van der Waals surface area contributed by atoms with Crippen LogP contribution in [0, 0.1) is 5.41 Å². The van der Waals surface area contributed by atoms with Crippen LogP contribution in [0.3, 0.4) is 0 Å². The van der Waals surface area contributed by atoms with Crippen molar-refractivity contribution in [2.75, 3.05) is 10.6 Å². The molecule has 0 aliphatic carbocycles. The Labute approximate surface area is 182 Å². The van der Waals surface area contributed by atoms with Crippen molar-refractivity contribution in [2.45, 2.75) is 32.1 Å². The first kappa shape index (κ1) is 22.4. The molecular formula is C22H25N5O3S. The van der Waals surface area contributed by atoms with Crippen LogP contribution >= 0.6 is 0 Å². The molecule has 2 aromatic carbocycles. The quantitative estimate of drug-likeness (QED) is 0.534. The second-order valence-corrected chi connectivity index (χ2v) is 9.89. The third-order valence-corrected chi connectivity index (χ3v) is 5.14. The van der Waals surface area contributed by atoms with Gasteiger partial charge in [0.1, 0.15) is 0 Å². The number of anilines is 3. The molecule has 0 unspecified atom stereocenters. The molecule has 0 bridgehead atoms. The summed E-state index contributed by atoms with van der Waals surface area (Å²) >= 11 is 0. The maximum absolute atomic E-state index is 12.1. The van der Waals surface area contributed by atoms with Crippen molar-refractivity contribution in [1.82, 2.24) is 9.97 Å². The normalized spacial score (nSPS) is 11.7. The summed E-state index contributed by atoms with van der Waals surface area (Å²) in [6.45, 7) is 6.05. The molecule has 0 spiro atoms. The Morgan fingerprint density at radius 1 is 1.03 bits per heavy atom. The van der Waals surface area contributed by atoms with Crippen LogP contribution in [0.2, 0.25) is 0 Å². The molecule has 0 atom stereocenters. The molecule has 4 N–H and O–H groups in total. The number of sulfonamides is 1. The van der Waals surface area contributed by atoms with Gasteiger partial charge in [0.05, 0.1) is 10.6 Å². The highest BCUT2D eigenvalue weighted by Gasteiger charge is 2.16. The number of aromatic nitrogens is 2. The standard InChI is InChI=1S/C22H25N5O3S/c1-22(2,3)14-20(28)25-16-9-7-15(8-10-16)19-11-12-24-21(27-19)26-17-5-4-6-18(13-17)31(23,29)30/h4-13H,14H2,1-3H3,(H,25,28)(H2,23,29,30)(H,24,26,27). The minimum Gasteiger partial charge on any atom is -0.326 e. The van der Waals surface area contributed by atoms with Crippen molar-refractivity contribution in [1.29, 1.82) is 0 Å². The maximum Gasteiger partial charge on any atom is 0.238 e. The van der Waals surface area contributed by atoms with Gasteiger partial charge in [-0.05, 0) is 41.8 Å². The predicted molar refractivity (Wildman–Crippen MR) is 121 cm³/mol. The molecule has 9 heteroatoms. The number of primary sulfonamides is 1. The Hall–Kier alpha value is -3.30. The van der Waals surface area contributed by atoms with E-state index in [1.54, 1.807) is 24.4 Å². The molecule has 1 amide bonds. The van der Waals surface area contributed by atoms with Crippen molar-refractivity contribution in [3.8, 4) is 11.3 Å². The molecule has 31 heavy (non-hydrogen) atoms. The van der Waals surface area contributed by atoms with Gasteiger partial charge in [0.25, 0.3) is 0 Å². The largest absolute Gasteiger partial charge is 0.326 e. The van der Waals surface area contributed by atoms with Crippen LogP contribution in [0.5, 0.6) is 0 Å². The molecule has 1 heterocycles. The zero-order valence-electron chi connectivity index (χ0n) is 17.6. The van der Waals surface area contributed by atoms with E-state index in [1.807, 2.05) is 45.0 Å². The van der Waals surface area contributed by atoms with Crippen LogP contribution in [-0.2, 0) is 14.8 Å². The van der Waals surface area contributed by atoms with Gasteiger partial charge in [0.15, 0.2) is 0 Å². The van der Waals surface area contributed by atoms with Gasteiger partial charge in [-0.1, -0.05) is 39.0 Å². The van der Waals surface area contributed by atoms with Gasteiger partial charge < -0.3 is 10.6 Å². The summed E-state index contributed by atoms with van der Waals surface area (Å²) in [4.78, 5) is 20.8. The Morgan fingerprint density at radius 2 is 1.74 bits per heavy atom. The van der Waals surface area contributed by atoms with Crippen LogP contribution in [0.1, 0.15) is 27.2 Å². The van der Waals surface area contributed by atoms with Crippen LogP contribution in [-0.4, -0.2) is 24.3 Å². The van der Waals surface area contributed by atoms with Gasteiger partial charge in [0, 0.05) is 29.6 Å². The van der Waals surface area contributed by atoms with E-state index in [9.17, 15) is 13.2 Å². The molecule has 1 aromatic heterocycles. The molecule has 0 radical (unpaired) electrons. The van der Waals surface area contributed by atoms with E-state index in [-0.39, 0.29) is 16.2 Å². The number of nitrogens with one attached hydrogen (secondary N) is 2. The molecule has 0 saturated heterocycles. The fraction of sp³-hybridized carbons (Fsp3) is 0.227. The smallest absolute Gasteiger partial charge is 0.238 e. The van der Waals surface area contributed by atoms with E-state index < -0.39 is 10.0 Å². The Balaban J connectivity index is 1.74. The number of carbonyl (C=O) groups excluding carboxylic acids is 1. The summed E-state index contributed by atoms with van der Waals surface area (Å²) in [5.74, 6) is 0.280. The maximum atomic E-state index is 12.1. The summed E-state index contributed by atoms with van der Waals surface area (Å²) in [7, 11) is -3.80. The first-order valence-corrected chi connectivity index (χ1v) is 11.2. The second-order valence-electron chi connectivity index (χ2n) is 8.33. The topological polar surface area (TPSA) is 127 Å². The van der Waals surface area contributed by atoms with Crippen molar-refractivity contribution >= 4 is 33.3 Å². The number of hydrogen-bond donors (Lipinski definition) is 3. The van der Waals surface area contributed by atoms with Gasteiger partial charge >= 0.3 is 0 Å². The monoisotopic (exact) mass is 439 g/mol. The highest BCUT2D eigenvalue weighted by molar-refractivity contribution is 7.89. The van der Waals surface area contributed by atoms with Crippen LogP contribution in [0.25, 0.3) is 11.3 Å². The minimum absolute atomic E-state index is 0.00208. The van der Waals surface area contributed by atoms with E-state index in [4.69, 9.17) is 5.14 Å². The molecule has 0 aliphatic heterocycles. The summed E-state index contributed by atoms with van der Waals surface area (Å²) in [5, 5.41) is 11.1. The van der Waals surface area contributed by atoms with E-state index >= 15 is 0 Å².